The van der Waals surface area contributed by atoms with Crippen LogP contribution >= 0.6 is 0 Å². The molecule has 1 aromatic carbocycles. The predicted octanol–water partition coefficient (Wildman–Crippen LogP) is 0.429. The molecule has 0 radical (unpaired) electrons. The number of fused-ring (bicyclic) bond motifs is 1. The molecular weight excluding hydrogens is 328 g/mol. The van der Waals surface area contributed by atoms with Crippen molar-refractivity contribution in [3.05, 3.63) is 46.5 Å². The zero-order valence-electron chi connectivity index (χ0n) is 12.9. The summed E-state index contributed by atoms with van der Waals surface area (Å²) in [7, 11) is 0. The third-order valence-corrected chi connectivity index (χ3v) is 3.49. The molecule has 0 atom stereocenters. The Balaban J connectivity index is 1.66. The van der Waals surface area contributed by atoms with E-state index in [1.807, 2.05) is 0 Å². The lowest BCUT2D eigenvalue weighted by molar-refractivity contribution is -0.116. The highest BCUT2D eigenvalue weighted by molar-refractivity contribution is 5.92. The molecule has 10 nitrogen and oxygen atoms in total. The number of nitrogens with zero attached hydrogens (tertiary/aromatic N) is 3. The van der Waals surface area contributed by atoms with Gasteiger partial charge in [0.25, 0.3) is 5.56 Å². The Morgan fingerprint density at radius 2 is 2.00 bits per heavy atom. The summed E-state index contributed by atoms with van der Waals surface area (Å²) in [6, 6.07) is 5.83. The average Bonchev–Trinajstić information content (AvgIpc) is 2.96. The van der Waals surface area contributed by atoms with Crippen LogP contribution in [0.15, 0.2) is 35.4 Å². The number of hydrogen-bond acceptors (Lipinski definition) is 6. The highest BCUT2D eigenvalue weighted by Crippen LogP contribution is 2.11. The number of carbonyl (C=O) groups excluding carboxylic acids is 1. The van der Waals surface area contributed by atoms with Crippen LogP contribution in [0.4, 0.5) is 11.6 Å². The number of nitrogens with two attached hydrogens (primary N) is 1. The van der Waals surface area contributed by atoms with Gasteiger partial charge in [-0.3, -0.25) is 14.6 Å². The van der Waals surface area contributed by atoms with Crippen molar-refractivity contribution in [3.63, 3.8) is 0 Å². The van der Waals surface area contributed by atoms with Crippen LogP contribution in [0.5, 0.6) is 0 Å². The van der Waals surface area contributed by atoms with Crippen molar-refractivity contribution in [2.45, 2.75) is 13.0 Å². The van der Waals surface area contributed by atoms with Crippen LogP contribution in [-0.2, 0) is 11.3 Å². The number of aromatic carboxylic acids is 1. The molecule has 0 aliphatic rings. The second-order valence-electron chi connectivity index (χ2n) is 5.24. The lowest BCUT2D eigenvalue weighted by Gasteiger charge is -2.06. The first-order valence-corrected chi connectivity index (χ1v) is 7.28. The number of aryl methyl sites for hydroxylation is 1. The van der Waals surface area contributed by atoms with Gasteiger partial charge in [-0.15, -0.1) is 0 Å². The van der Waals surface area contributed by atoms with Gasteiger partial charge in [0.15, 0.2) is 11.2 Å². The number of carboxylic acid groups (broad SMARTS) is 1. The highest BCUT2D eigenvalue weighted by Gasteiger charge is 2.11. The first-order chi connectivity index (χ1) is 11.9. The first-order valence-electron chi connectivity index (χ1n) is 7.28. The number of aromatic amines is 1. The molecule has 0 saturated carbocycles. The van der Waals surface area contributed by atoms with E-state index < -0.39 is 11.5 Å². The molecule has 0 unspecified atom stereocenters. The molecule has 2 aromatic heterocycles. The van der Waals surface area contributed by atoms with Crippen LogP contribution in [0.1, 0.15) is 16.8 Å². The van der Waals surface area contributed by atoms with Crippen molar-refractivity contribution in [1.29, 1.82) is 0 Å². The number of H-pyrrole nitrogens is 1. The number of rotatable bonds is 5. The van der Waals surface area contributed by atoms with Crippen LogP contribution in [0.3, 0.4) is 0 Å². The molecule has 0 aliphatic carbocycles. The van der Waals surface area contributed by atoms with Gasteiger partial charge < -0.3 is 20.7 Å². The number of anilines is 2. The largest absolute Gasteiger partial charge is 0.478 e. The van der Waals surface area contributed by atoms with Gasteiger partial charge in [0.1, 0.15) is 0 Å². The molecule has 25 heavy (non-hydrogen) atoms. The van der Waals surface area contributed by atoms with Gasteiger partial charge in [0.2, 0.25) is 11.9 Å². The quantitative estimate of drug-likeness (QED) is 0.523. The average molecular weight is 342 g/mol. The summed E-state index contributed by atoms with van der Waals surface area (Å²) in [6.45, 7) is 0.255. The molecule has 0 saturated heterocycles. The maximum atomic E-state index is 12.0. The summed E-state index contributed by atoms with van der Waals surface area (Å²) in [4.78, 5) is 44.8. The van der Waals surface area contributed by atoms with Gasteiger partial charge in [-0.1, -0.05) is 0 Å². The minimum Gasteiger partial charge on any atom is -0.478 e. The van der Waals surface area contributed by atoms with Crippen LogP contribution < -0.4 is 16.6 Å². The number of imidazole rings is 1. The Morgan fingerprint density at radius 3 is 2.68 bits per heavy atom. The van der Waals surface area contributed by atoms with Crippen molar-refractivity contribution in [2.24, 2.45) is 0 Å². The van der Waals surface area contributed by atoms with E-state index in [-0.39, 0.29) is 35.9 Å². The van der Waals surface area contributed by atoms with E-state index in [9.17, 15) is 14.4 Å². The van der Waals surface area contributed by atoms with Gasteiger partial charge in [0.05, 0.1) is 11.9 Å². The number of aromatic nitrogens is 4. The smallest absolute Gasteiger partial charge is 0.335 e. The fourth-order valence-corrected chi connectivity index (χ4v) is 2.28. The molecule has 1 amide bonds. The molecular formula is C15H14N6O4. The Bertz CT molecular complexity index is 1010. The van der Waals surface area contributed by atoms with Crippen molar-refractivity contribution in [1.82, 2.24) is 19.5 Å². The summed E-state index contributed by atoms with van der Waals surface area (Å²) in [6.07, 6.45) is 1.53. The number of carboxylic acids is 1. The van der Waals surface area contributed by atoms with E-state index in [0.29, 0.717) is 11.3 Å². The van der Waals surface area contributed by atoms with E-state index in [1.165, 1.54) is 30.6 Å². The third kappa shape index (κ3) is 3.47. The predicted molar refractivity (Wildman–Crippen MR) is 89.2 cm³/mol. The van der Waals surface area contributed by atoms with E-state index in [2.05, 4.69) is 20.3 Å². The summed E-state index contributed by atoms with van der Waals surface area (Å²) < 4.78 is 1.56. The van der Waals surface area contributed by atoms with Crippen molar-refractivity contribution < 1.29 is 14.7 Å². The van der Waals surface area contributed by atoms with Gasteiger partial charge in [0, 0.05) is 18.7 Å². The molecule has 128 valence electrons. The number of benzene rings is 1. The summed E-state index contributed by atoms with van der Waals surface area (Å²) >= 11 is 0. The second kappa shape index (κ2) is 6.43. The van der Waals surface area contributed by atoms with Crippen molar-refractivity contribution in [3.8, 4) is 0 Å². The van der Waals surface area contributed by atoms with Crippen LogP contribution in [0, 0.1) is 0 Å². The van der Waals surface area contributed by atoms with E-state index in [4.69, 9.17) is 10.8 Å². The number of nitrogen functional groups attached to an aromatic ring is 1. The molecule has 0 aliphatic heterocycles. The lowest BCUT2D eigenvalue weighted by Crippen LogP contribution is -2.15. The number of nitrogens with one attached hydrogen (secondary N) is 2. The summed E-state index contributed by atoms with van der Waals surface area (Å²) in [5.41, 5.74) is 6.16. The topological polar surface area (TPSA) is 156 Å². The van der Waals surface area contributed by atoms with Crippen molar-refractivity contribution in [2.75, 3.05) is 11.1 Å². The summed E-state index contributed by atoms with van der Waals surface area (Å²) in [5, 5.41) is 11.5. The zero-order chi connectivity index (χ0) is 18.0. The Hall–Kier alpha value is -3.69. The molecule has 0 fully saturated rings. The Kier molecular flexibility index (Phi) is 4.16. The summed E-state index contributed by atoms with van der Waals surface area (Å²) in [5.74, 6) is -1.34. The molecule has 3 aromatic rings. The van der Waals surface area contributed by atoms with Gasteiger partial charge in [-0.25, -0.2) is 9.78 Å². The molecule has 0 spiro atoms. The first kappa shape index (κ1) is 16.2. The van der Waals surface area contributed by atoms with E-state index >= 15 is 0 Å². The Labute approximate surface area is 140 Å². The SMILES string of the molecule is Nc1nc2c(ncn2CCC(=O)Nc2ccc(C(=O)O)cc2)c(=O)[nH]1. The minimum atomic E-state index is -1.04. The third-order valence-electron chi connectivity index (χ3n) is 3.49. The maximum Gasteiger partial charge on any atom is 0.335 e. The van der Waals surface area contributed by atoms with E-state index in [1.54, 1.807) is 4.57 Å². The van der Waals surface area contributed by atoms with Gasteiger partial charge in [-0.05, 0) is 24.3 Å². The molecule has 3 rings (SSSR count). The fraction of sp³-hybridized carbons (Fsp3) is 0.133. The van der Waals surface area contributed by atoms with Crippen LogP contribution in [0.25, 0.3) is 11.2 Å². The zero-order valence-corrected chi connectivity index (χ0v) is 12.9. The molecule has 5 N–H and O–H groups in total. The highest BCUT2D eigenvalue weighted by atomic mass is 16.4. The molecule has 2 heterocycles. The molecule has 10 heteroatoms. The second-order valence-corrected chi connectivity index (χ2v) is 5.24. The van der Waals surface area contributed by atoms with Crippen molar-refractivity contribution >= 4 is 34.7 Å². The molecule has 0 bridgehead atoms. The van der Waals surface area contributed by atoms with Crippen LogP contribution in [-0.4, -0.2) is 36.5 Å². The number of carbonyl (C=O) groups is 2. The van der Waals surface area contributed by atoms with E-state index in [0.717, 1.165) is 0 Å². The maximum absolute atomic E-state index is 12.0. The van der Waals surface area contributed by atoms with Gasteiger partial charge >= 0.3 is 5.97 Å². The Morgan fingerprint density at radius 1 is 1.28 bits per heavy atom. The standard InChI is InChI=1S/C15H14N6O4/c16-15-19-12-11(13(23)20-15)17-7-21(12)6-5-10(22)18-9-3-1-8(2-4-9)14(24)25/h1-4,7H,5-6H2,(H,18,22)(H,24,25)(H3,16,19,20,23). The van der Waals surface area contributed by atoms with Gasteiger partial charge in [-0.2, -0.15) is 4.98 Å². The van der Waals surface area contributed by atoms with Crippen LogP contribution in [0.2, 0.25) is 0 Å². The number of amides is 1. The number of hydrogen-bond donors (Lipinski definition) is 4. The normalized spacial score (nSPS) is 10.7. The fourth-order valence-electron chi connectivity index (χ4n) is 2.28. The minimum absolute atomic E-state index is 0.0257. The monoisotopic (exact) mass is 342 g/mol. The lowest BCUT2D eigenvalue weighted by atomic mass is 10.2.